The maximum absolute atomic E-state index is 15.5. The smallest absolute Gasteiger partial charge is 0.255 e. The zero-order chi connectivity index (χ0) is 28.9. The van der Waals surface area contributed by atoms with E-state index in [1.54, 1.807) is 16.6 Å². The van der Waals surface area contributed by atoms with Crippen molar-refractivity contribution >= 4 is 41.3 Å². The number of alkyl halides is 2. The number of nitrogens with two attached hydrogens (primary N) is 1. The maximum Gasteiger partial charge on any atom is 0.255 e. The van der Waals surface area contributed by atoms with Crippen LogP contribution >= 0.6 is 23.2 Å². The third-order valence-electron chi connectivity index (χ3n) is 6.75. The van der Waals surface area contributed by atoms with Gasteiger partial charge in [0, 0.05) is 37.8 Å². The molecule has 40 heavy (non-hydrogen) atoms. The van der Waals surface area contributed by atoms with Crippen molar-refractivity contribution in [1.29, 1.82) is 0 Å². The summed E-state index contributed by atoms with van der Waals surface area (Å²) >= 11 is 11.6. The van der Waals surface area contributed by atoms with Gasteiger partial charge in [0.1, 0.15) is 23.4 Å². The van der Waals surface area contributed by atoms with Gasteiger partial charge in [0.2, 0.25) is 17.4 Å². The van der Waals surface area contributed by atoms with Gasteiger partial charge in [-0.25, -0.2) is 22.8 Å². The molecule has 8 nitrogen and oxygen atoms in total. The summed E-state index contributed by atoms with van der Waals surface area (Å²) in [5.74, 6) is -9.63. The lowest BCUT2D eigenvalue weighted by Crippen LogP contribution is -2.43. The number of likely N-dealkylation sites (tertiary alicyclic amines) is 1. The van der Waals surface area contributed by atoms with Gasteiger partial charge >= 0.3 is 0 Å². The molecule has 212 valence electrons. The average molecular weight is 603 g/mol. The number of hydrogen-bond acceptors (Lipinski definition) is 6. The summed E-state index contributed by atoms with van der Waals surface area (Å²) < 4.78 is 77.3. The highest BCUT2D eigenvalue weighted by atomic mass is 35.5. The van der Waals surface area contributed by atoms with Crippen molar-refractivity contribution in [2.75, 3.05) is 20.1 Å². The van der Waals surface area contributed by atoms with Gasteiger partial charge in [-0.05, 0) is 25.0 Å². The van der Waals surface area contributed by atoms with Crippen LogP contribution in [0.3, 0.4) is 0 Å². The minimum Gasteiger partial charge on any atom is -0.451 e. The predicted molar refractivity (Wildman–Crippen MR) is 137 cm³/mol. The van der Waals surface area contributed by atoms with Gasteiger partial charge < -0.3 is 20.3 Å². The number of halogens is 7. The molecular weight excluding hydrogens is 582 g/mol. The Bertz CT molecular complexity index is 1490. The van der Waals surface area contributed by atoms with E-state index >= 15 is 4.39 Å². The number of aliphatic imine (C=N–C) groups is 1. The monoisotopic (exact) mass is 602 g/mol. The molecule has 0 radical (unpaired) electrons. The van der Waals surface area contributed by atoms with E-state index in [1.807, 2.05) is 0 Å². The van der Waals surface area contributed by atoms with Crippen LogP contribution in [0.25, 0.3) is 11.3 Å². The molecule has 3 aromatic rings. The Morgan fingerprint density at radius 1 is 1.10 bits per heavy atom. The Balaban J connectivity index is 1.53. The number of fused-ring (bicyclic) bond motifs is 1. The van der Waals surface area contributed by atoms with Crippen LogP contribution in [-0.4, -0.2) is 56.8 Å². The fourth-order valence-corrected chi connectivity index (χ4v) is 4.99. The first-order chi connectivity index (χ1) is 19.0. The Kier molecular flexibility index (Phi) is 7.64. The Labute approximate surface area is 234 Å². The number of amides is 1. The molecule has 0 spiro atoms. The summed E-state index contributed by atoms with van der Waals surface area (Å²) in [6.45, 7) is 0.694. The van der Waals surface area contributed by atoms with Crippen molar-refractivity contribution in [3.05, 3.63) is 58.9 Å². The molecule has 0 saturated carbocycles. The third-order valence-corrected chi connectivity index (χ3v) is 7.12. The van der Waals surface area contributed by atoms with E-state index in [-0.39, 0.29) is 29.9 Å². The van der Waals surface area contributed by atoms with E-state index in [9.17, 15) is 22.4 Å². The molecule has 1 fully saturated rings. The Hall–Kier alpha value is -3.42. The summed E-state index contributed by atoms with van der Waals surface area (Å²) in [5, 5.41) is 4.63. The van der Waals surface area contributed by atoms with Crippen LogP contribution in [0.5, 0.6) is 11.5 Å². The minimum atomic E-state index is -1.77. The quantitative estimate of drug-likeness (QED) is 0.234. The van der Waals surface area contributed by atoms with Gasteiger partial charge in [-0.15, -0.1) is 0 Å². The number of benzene rings is 2. The van der Waals surface area contributed by atoms with Crippen molar-refractivity contribution < 1.29 is 31.5 Å². The first-order valence-electron chi connectivity index (χ1n) is 12.0. The highest BCUT2D eigenvalue weighted by Gasteiger charge is 2.35. The van der Waals surface area contributed by atoms with Crippen LogP contribution in [0.15, 0.2) is 29.3 Å². The molecule has 2 aliphatic heterocycles. The molecule has 15 heteroatoms. The lowest BCUT2D eigenvalue weighted by atomic mass is 10.0. The maximum atomic E-state index is 15.5. The second-order valence-electron chi connectivity index (χ2n) is 9.31. The highest BCUT2D eigenvalue weighted by molar-refractivity contribution is 6.53. The third kappa shape index (κ3) is 4.97. The van der Waals surface area contributed by atoms with E-state index < -0.39 is 57.5 Å². The van der Waals surface area contributed by atoms with Crippen LogP contribution in [0.4, 0.5) is 27.8 Å². The number of ether oxygens (including phenoxy) is 1. The number of nitrogens with zero attached hydrogens (tertiary/aromatic N) is 5. The normalized spacial score (nSPS) is 18.9. The summed E-state index contributed by atoms with van der Waals surface area (Å²) in [4.78, 5) is 18.7. The zero-order valence-corrected chi connectivity index (χ0v) is 22.2. The fraction of sp³-hybridized carbons (Fsp3) is 0.320. The number of hydrogen-bond donors (Lipinski definition) is 1. The lowest BCUT2D eigenvalue weighted by molar-refractivity contribution is -0.131. The zero-order valence-electron chi connectivity index (χ0n) is 20.7. The number of aromatic nitrogens is 2. The van der Waals surface area contributed by atoms with Gasteiger partial charge in [0.25, 0.3) is 5.91 Å². The van der Waals surface area contributed by atoms with Crippen LogP contribution < -0.4 is 10.5 Å². The highest BCUT2D eigenvalue weighted by Crippen LogP contribution is 2.42. The Morgan fingerprint density at radius 2 is 1.80 bits per heavy atom. The summed E-state index contributed by atoms with van der Waals surface area (Å²) in [7, 11) is 1.68. The standard InChI is InChI=1S/C25H21Cl2F5N6O2/c1-36-10-34-24-17(23(36)33)20(35-38(24)11-3-2-6-37(9-11)25(39)22(26)27)13-5-4-12(7-14(13)28)40-21-18(31)15(29)8-16(30)19(21)32/h4-5,7-8,10-11,22-23H,2-3,6,9,33H2,1H3/t11-,23?/m0/s1. The first-order valence-corrected chi connectivity index (χ1v) is 12.9. The molecular formula is C25H21Cl2F5N6O2. The largest absolute Gasteiger partial charge is 0.451 e. The van der Waals surface area contributed by atoms with Crippen LogP contribution in [0.1, 0.15) is 30.6 Å². The molecule has 2 aliphatic rings. The fourth-order valence-electron chi connectivity index (χ4n) is 4.72. The van der Waals surface area contributed by atoms with E-state index in [2.05, 4.69) is 10.1 Å². The van der Waals surface area contributed by atoms with E-state index in [1.165, 1.54) is 17.3 Å². The Morgan fingerprint density at radius 3 is 2.45 bits per heavy atom. The number of carbonyl (C=O) groups is 1. The van der Waals surface area contributed by atoms with Crippen molar-refractivity contribution in [3.63, 3.8) is 0 Å². The molecule has 2 atom stereocenters. The lowest BCUT2D eigenvalue weighted by Gasteiger charge is -2.34. The van der Waals surface area contributed by atoms with Crippen molar-refractivity contribution in [1.82, 2.24) is 19.6 Å². The molecule has 5 rings (SSSR count). The molecule has 2 N–H and O–H groups in total. The second kappa shape index (κ2) is 10.9. The SMILES string of the molecule is CN1C=Nc2c(c(-c3ccc(Oc4c(F)c(F)cc(F)c4F)cc3F)nn2[C@H]2CCCN(C(=O)C(Cl)Cl)C2)C1N. The predicted octanol–water partition coefficient (Wildman–Crippen LogP) is 5.57. The topological polar surface area (TPSA) is 89.0 Å². The number of piperidine rings is 1. The first kappa shape index (κ1) is 28.1. The average Bonchev–Trinajstić information content (AvgIpc) is 3.31. The summed E-state index contributed by atoms with van der Waals surface area (Å²) in [6, 6.07) is 2.88. The number of carbonyl (C=O) groups excluding carboxylic acids is 1. The van der Waals surface area contributed by atoms with Gasteiger partial charge in [-0.1, -0.05) is 23.2 Å². The molecule has 1 unspecified atom stereocenters. The molecule has 0 bridgehead atoms. The van der Waals surface area contributed by atoms with Crippen molar-refractivity contribution in [2.45, 2.75) is 29.9 Å². The van der Waals surface area contributed by atoms with Gasteiger partial charge in [0.05, 0.1) is 17.9 Å². The summed E-state index contributed by atoms with van der Waals surface area (Å²) in [5.41, 5.74) is 6.91. The van der Waals surface area contributed by atoms with Crippen molar-refractivity contribution in [3.8, 4) is 22.8 Å². The molecule has 1 amide bonds. The second-order valence-corrected chi connectivity index (χ2v) is 10.4. The van der Waals surface area contributed by atoms with Crippen LogP contribution in [0.2, 0.25) is 0 Å². The van der Waals surface area contributed by atoms with Gasteiger partial charge in [-0.3, -0.25) is 4.79 Å². The van der Waals surface area contributed by atoms with Gasteiger partial charge in [-0.2, -0.15) is 13.9 Å². The van der Waals surface area contributed by atoms with E-state index in [4.69, 9.17) is 33.7 Å². The van der Waals surface area contributed by atoms with E-state index in [0.29, 0.717) is 30.8 Å². The van der Waals surface area contributed by atoms with Crippen molar-refractivity contribution in [2.24, 2.45) is 10.7 Å². The van der Waals surface area contributed by atoms with E-state index in [0.717, 1.165) is 12.1 Å². The summed E-state index contributed by atoms with van der Waals surface area (Å²) in [6.07, 6.45) is 2.00. The molecule has 1 aromatic heterocycles. The molecule has 1 saturated heterocycles. The molecule has 2 aromatic carbocycles. The molecule has 0 aliphatic carbocycles. The number of rotatable bonds is 5. The van der Waals surface area contributed by atoms with Gasteiger partial charge in [0.15, 0.2) is 22.3 Å². The molecule has 3 heterocycles. The van der Waals surface area contributed by atoms with Crippen LogP contribution in [0, 0.1) is 29.1 Å². The minimum absolute atomic E-state index is 0.0363. The van der Waals surface area contributed by atoms with Crippen LogP contribution in [-0.2, 0) is 4.79 Å².